The highest BCUT2D eigenvalue weighted by molar-refractivity contribution is 5.11. The Hall–Kier alpha value is -1.75. The van der Waals surface area contributed by atoms with Gasteiger partial charge in [-0.25, -0.2) is 0 Å². The van der Waals surface area contributed by atoms with Crippen LogP contribution in [0.3, 0.4) is 0 Å². The van der Waals surface area contributed by atoms with Crippen molar-refractivity contribution in [3.63, 3.8) is 0 Å². The first-order chi connectivity index (χ1) is 8.79. The van der Waals surface area contributed by atoms with Gasteiger partial charge >= 0.3 is 0 Å². The molecule has 1 N–H and O–H groups in total. The van der Waals surface area contributed by atoms with Gasteiger partial charge in [-0.3, -0.25) is 9.67 Å². The molecule has 5 heteroatoms. The summed E-state index contributed by atoms with van der Waals surface area (Å²) in [5.74, 6) is 0. The normalized spacial score (nSPS) is 12.6. The van der Waals surface area contributed by atoms with E-state index >= 15 is 0 Å². The summed E-state index contributed by atoms with van der Waals surface area (Å²) in [6.45, 7) is 3.13. The van der Waals surface area contributed by atoms with E-state index in [0.717, 1.165) is 30.8 Å². The third-order valence-corrected chi connectivity index (χ3v) is 2.75. The largest absolute Gasteiger partial charge is 0.308 e. The van der Waals surface area contributed by atoms with Crippen molar-refractivity contribution in [3.05, 3.63) is 42.0 Å². The summed E-state index contributed by atoms with van der Waals surface area (Å²) in [6.07, 6.45) is 5.69. The van der Waals surface area contributed by atoms with E-state index in [0.29, 0.717) is 0 Å². The van der Waals surface area contributed by atoms with E-state index in [1.807, 2.05) is 37.6 Å². The van der Waals surface area contributed by atoms with Crippen molar-refractivity contribution < 1.29 is 0 Å². The molecule has 0 spiro atoms. The molecule has 2 aromatic heterocycles. The SMILES string of the molecule is CCCNC(Cc1cn(C)nn1)c1ccccn1. The van der Waals surface area contributed by atoms with Crippen LogP contribution in [0.1, 0.15) is 30.8 Å². The predicted octanol–water partition coefficient (Wildman–Crippen LogP) is 1.49. The summed E-state index contributed by atoms with van der Waals surface area (Å²) in [4.78, 5) is 4.42. The summed E-state index contributed by atoms with van der Waals surface area (Å²) < 4.78 is 1.73. The van der Waals surface area contributed by atoms with Crippen molar-refractivity contribution in [1.29, 1.82) is 0 Å². The molecule has 0 amide bonds. The Balaban J connectivity index is 2.10. The predicted molar refractivity (Wildman–Crippen MR) is 70.0 cm³/mol. The van der Waals surface area contributed by atoms with E-state index < -0.39 is 0 Å². The molecule has 2 heterocycles. The first kappa shape index (κ1) is 12.7. The Morgan fingerprint density at radius 3 is 2.89 bits per heavy atom. The fourth-order valence-electron chi connectivity index (χ4n) is 1.88. The van der Waals surface area contributed by atoms with Gasteiger partial charge < -0.3 is 5.32 Å². The first-order valence-corrected chi connectivity index (χ1v) is 6.29. The Morgan fingerprint density at radius 2 is 2.28 bits per heavy atom. The first-order valence-electron chi connectivity index (χ1n) is 6.29. The van der Waals surface area contributed by atoms with Gasteiger partial charge in [0, 0.05) is 25.9 Å². The summed E-state index contributed by atoms with van der Waals surface area (Å²) in [5, 5.41) is 11.6. The highest BCUT2D eigenvalue weighted by atomic mass is 15.4. The van der Waals surface area contributed by atoms with Gasteiger partial charge in [0.25, 0.3) is 0 Å². The molecule has 0 bridgehead atoms. The summed E-state index contributed by atoms with van der Waals surface area (Å²) in [6, 6.07) is 6.19. The minimum absolute atomic E-state index is 0.197. The molecule has 0 aromatic carbocycles. The van der Waals surface area contributed by atoms with Crippen LogP contribution in [-0.4, -0.2) is 26.5 Å². The van der Waals surface area contributed by atoms with Crippen molar-refractivity contribution in [3.8, 4) is 0 Å². The third kappa shape index (κ3) is 3.37. The average Bonchev–Trinajstić information content (AvgIpc) is 2.81. The van der Waals surface area contributed by atoms with Crippen LogP contribution in [0.2, 0.25) is 0 Å². The van der Waals surface area contributed by atoms with E-state index in [4.69, 9.17) is 0 Å². The summed E-state index contributed by atoms with van der Waals surface area (Å²) in [7, 11) is 1.88. The zero-order chi connectivity index (χ0) is 12.8. The number of hydrogen-bond acceptors (Lipinski definition) is 4. The molecule has 18 heavy (non-hydrogen) atoms. The molecule has 0 aliphatic rings. The number of nitrogens with zero attached hydrogens (tertiary/aromatic N) is 4. The highest BCUT2D eigenvalue weighted by Gasteiger charge is 2.14. The van der Waals surface area contributed by atoms with Gasteiger partial charge in [-0.15, -0.1) is 5.10 Å². The van der Waals surface area contributed by atoms with Gasteiger partial charge in [0.2, 0.25) is 0 Å². The van der Waals surface area contributed by atoms with E-state index in [2.05, 4.69) is 27.5 Å². The van der Waals surface area contributed by atoms with Crippen molar-refractivity contribution in [1.82, 2.24) is 25.3 Å². The lowest BCUT2D eigenvalue weighted by Crippen LogP contribution is -2.25. The van der Waals surface area contributed by atoms with Crippen LogP contribution in [0.5, 0.6) is 0 Å². The second-order valence-electron chi connectivity index (χ2n) is 4.35. The standard InChI is InChI=1S/C13H19N5/c1-3-7-14-13(12-6-4-5-8-15-12)9-11-10-18(2)17-16-11/h4-6,8,10,13-14H,3,7,9H2,1-2H3. The molecule has 1 unspecified atom stereocenters. The van der Waals surface area contributed by atoms with E-state index in [9.17, 15) is 0 Å². The molecule has 0 saturated carbocycles. The van der Waals surface area contributed by atoms with Crippen molar-refractivity contribution >= 4 is 0 Å². The molecule has 0 saturated heterocycles. The van der Waals surface area contributed by atoms with Crippen LogP contribution >= 0.6 is 0 Å². The molecular weight excluding hydrogens is 226 g/mol. The number of nitrogens with one attached hydrogen (secondary N) is 1. The Labute approximate surface area is 107 Å². The van der Waals surface area contributed by atoms with E-state index in [-0.39, 0.29) is 6.04 Å². The number of pyridine rings is 1. The Morgan fingerprint density at radius 1 is 1.39 bits per heavy atom. The monoisotopic (exact) mass is 245 g/mol. The smallest absolute Gasteiger partial charge is 0.0846 e. The van der Waals surface area contributed by atoms with Gasteiger partial charge in [-0.1, -0.05) is 18.2 Å². The molecule has 0 radical (unpaired) electrons. The molecular formula is C13H19N5. The quantitative estimate of drug-likeness (QED) is 0.838. The van der Waals surface area contributed by atoms with Gasteiger partial charge in [-0.05, 0) is 25.1 Å². The van der Waals surface area contributed by atoms with Crippen molar-refractivity contribution in [2.45, 2.75) is 25.8 Å². The molecule has 1 atom stereocenters. The van der Waals surface area contributed by atoms with Gasteiger partial charge in [-0.2, -0.15) is 0 Å². The fourth-order valence-corrected chi connectivity index (χ4v) is 1.88. The second kappa shape index (κ2) is 6.26. The third-order valence-electron chi connectivity index (χ3n) is 2.75. The zero-order valence-corrected chi connectivity index (χ0v) is 10.9. The van der Waals surface area contributed by atoms with Crippen molar-refractivity contribution in [2.75, 3.05) is 6.54 Å². The molecule has 5 nitrogen and oxygen atoms in total. The van der Waals surface area contributed by atoms with Gasteiger partial charge in [0.15, 0.2) is 0 Å². The lowest BCUT2D eigenvalue weighted by atomic mass is 10.1. The highest BCUT2D eigenvalue weighted by Crippen LogP contribution is 2.14. The minimum atomic E-state index is 0.197. The lowest BCUT2D eigenvalue weighted by molar-refractivity contribution is 0.513. The van der Waals surface area contributed by atoms with E-state index in [1.165, 1.54) is 0 Å². The minimum Gasteiger partial charge on any atom is -0.308 e. The Kier molecular flexibility index (Phi) is 4.41. The maximum absolute atomic E-state index is 4.42. The van der Waals surface area contributed by atoms with Crippen molar-refractivity contribution in [2.24, 2.45) is 7.05 Å². The number of rotatable bonds is 6. The maximum atomic E-state index is 4.42. The maximum Gasteiger partial charge on any atom is 0.0846 e. The van der Waals surface area contributed by atoms with Crippen LogP contribution in [0.25, 0.3) is 0 Å². The second-order valence-corrected chi connectivity index (χ2v) is 4.35. The number of aromatic nitrogens is 4. The molecule has 2 rings (SSSR count). The molecule has 0 aliphatic carbocycles. The molecule has 2 aromatic rings. The molecule has 0 fully saturated rings. The average molecular weight is 245 g/mol. The van der Waals surface area contributed by atoms with Gasteiger partial charge in [0.1, 0.15) is 0 Å². The summed E-state index contributed by atoms with van der Waals surface area (Å²) >= 11 is 0. The van der Waals surface area contributed by atoms with E-state index in [1.54, 1.807) is 4.68 Å². The number of hydrogen-bond donors (Lipinski definition) is 1. The topological polar surface area (TPSA) is 55.6 Å². The van der Waals surface area contributed by atoms with Crippen LogP contribution in [0.15, 0.2) is 30.6 Å². The lowest BCUT2D eigenvalue weighted by Gasteiger charge is -2.16. The fraction of sp³-hybridized carbons (Fsp3) is 0.462. The van der Waals surface area contributed by atoms with Crippen LogP contribution < -0.4 is 5.32 Å². The van der Waals surface area contributed by atoms with Crippen LogP contribution in [0, 0.1) is 0 Å². The van der Waals surface area contributed by atoms with Gasteiger partial charge in [0.05, 0.1) is 17.4 Å². The van der Waals surface area contributed by atoms with Crippen LogP contribution in [0.4, 0.5) is 0 Å². The Bertz CT molecular complexity index is 465. The molecule has 0 aliphatic heterocycles. The van der Waals surface area contributed by atoms with Crippen LogP contribution in [-0.2, 0) is 13.5 Å². The summed E-state index contributed by atoms with van der Waals surface area (Å²) in [5.41, 5.74) is 2.04. The zero-order valence-electron chi connectivity index (χ0n) is 10.9. The molecule has 96 valence electrons. The number of aryl methyl sites for hydroxylation is 1.